The van der Waals surface area contributed by atoms with Crippen LogP contribution in [0.2, 0.25) is 0 Å². The van der Waals surface area contributed by atoms with Crippen LogP contribution in [0.25, 0.3) is 0 Å². The minimum Gasteiger partial charge on any atom is -0.328 e. The lowest BCUT2D eigenvalue weighted by Gasteiger charge is -2.10. The average molecular weight is 101 g/mol. The lowest BCUT2D eigenvalue weighted by atomic mass is 10.0. The maximum absolute atomic E-state index is 5.55. The van der Waals surface area contributed by atoms with Gasteiger partial charge in [-0.2, -0.15) is 0 Å². The molecule has 0 amide bonds. The fourth-order valence-electron chi connectivity index (χ4n) is 0.372. The molecule has 2 N–H and O–H groups in total. The number of hydrogen-bond acceptors (Lipinski definition) is 1. The summed E-state index contributed by atoms with van der Waals surface area (Å²) in [7, 11) is 0. The van der Waals surface area contributed by atoms with Crippen LogP contribution < -0.4 is 5.73 Å². The predicted molar refractivity (Wildman–Crippen MR) is 33.1 cm³/mol. The Kier molecular flexibility index (Phi) is 3.01. The molecule has 0 aromatic carbocycles. The van der Waals surface area contributed by atoms with E-state index >= 15 is 0 Å². The molecule has 0 spiro atoms. The maximum atomic E-state index is 5.55. The van der Waals surface area contributed by atoms with Crippen molar-refractivity contribution in [1.82, 2.24) is 0 Å². The van der Waals surface area contributed by atoms with E-state index in [-0.39, 0.29) is 0 Å². The smallest absolute Gasteiger partial charge is 0.00360 e. The van der Waals surface area contributed by atoms with E-state index in [4.69, 9.17) is 5.73 Å². The Morgan fingerprint density at radius 3 is 1.86 bits per heavy atom. The Bertz CT molecular complexity index is 41.4. The minimum atomic E-state index is 0.366. The predicted octanol–water partition coefficient (Wildman–Crippen LogP) is 1.38. The standard InChI is InChI=1S/C6H15N/c1-4-5(2)6(3)7/h5-6H,4,7H2,1-3H3/t5-,6?/m1/s1. The van der Waals surface area contributed by atoms with Crippen LogP contribution in [0.5, 0.6) is 0 Å². The Hall–Kier alpha value is -0.0400. The molecule has 0 rings (SSSR count). The van der Waals surface area contributed by atoms with Gasteiger partial charge in [-0.15, -0.1) is 0 Å². The van der Waals surface area contributed by atoms with Crippen LogP contribution in [0.3, 0.4) is 0 Å². The van der Waals surface area contributed by atoms with Crippen molar-refractivity contribution in [1.29, 1.82) is 0 Å². The van der Waals surface area contributed by atoms with Gasteiger partial charge >= 0.3 is 0 Å². The molecule has 0 heterocycles. The monoisotopic (exact) mass is 101 g/mol. The van der Waals surface area contributed by atoms with Gasteiger partial charge in [0.15, 0.2) is 0 Å². The summed E-state index contributed by atoms with van der Waals surface area (Å²) in [6.45, 7) is 6.38. The van der Waals surface area contributed by atoms with Crippen LogP contribution in [0.4, 0.5) is 0 Å². The summed E-state index contributed by atoms with van der Waals surface area (Å²) < 4.78 is 0. The van der Waals surface area contributed by atoms with Crippen molar-refractivity contribution in [2.75, 3.05) is 0 Å². The minimum absolute atomic E-state index is 0.366. The second-order valence-corrected chi connectivity index (χ2v) is 2.24. The third-order valence-electron chi connectivity index (χ3n) is 1.54. The fraction of sp³-hybridized carbons (Fsp3) is 1.00. The molecule has 0 aromatic heterocycles. The molecule has 1 nitrogen and oxygen atoms in total. The quantitative estimate of drug-likeness (QED) is 0.558. The largest absolute Gasteiger partial charge is 0.328 e. The van der Waals surface area contributed by atoms with Gasteiger partial charge in [0.25, 0.3) is 0 Å². The van der Waals surface area contributed by atoms with Gasteiger partial charge in [-0.3, -0.25) is 0 Å². The molecule has 0 fully saturated rings. The highest BCUT2D eigenvalue weighted by Gasteiger charge is 2.01. The molecule has 0 saturated carbocycles. The summed E-state index contributed by atoms with van der Waals surface area (Å²) in [5, 5.41) is 0. The first-order valence-electron chi connectivity index (χ1n) is 2.94. The van der Waals surface area contributed by atoms with Gasteiger partial charge in [-0.1, -0.05) is 20.3 Å². The van der Waals surface area contributed by atoms with Gasteiger partial charge in [0.1, 0.15) is 0 Å². The summed E-state index contributed by atoms with van der Waals surface area (Å²) >= 11 is 0. The first kappa shape index (κ1) is 6.96. The number of hydrogen-bond donors (Lipinski definition) is 1. The molecule has 7 heavy (non-hydrogen) atoms. The topological polar surface area (TPSA) is 26.0 Å². The summed E-state index contributed by atoms with van der Waals surface area (Å²) in [5.74, 6) is 0.681. The molecule has 44 valence electrons. The zero-order chi connectivity index (χ0) is 5.86. The third kappa shape index (κ3) is 2.63. The van der Waals surface area contributed by atoms with Crippen molar-refractivity contribution in [3.8, 4) is 0 Å². The Labute approximate surface area is 45.9 Å². The molecule has 0 saturated heterocycles. The molecule has 0 radical (unpaired) electrons. The lowest BCUT2D eigenvalue weighted by Crippen LogP contribution is -2.23. The van der Waals surface area contributed by atoms with Crippen molar-refractivity contribution in [3.05, 3.63) is 0 Å². The van der Waals surface area contributed by atoms with Gasteiger partial charge in [-0.25, -0.2) is 0 Å². The zero-order valence-electron chi connectivity index (χ0n) is 5.44. The molecule has 0 aromatic rings. The molecule has 0 aliphatic heterocycles. The van der Waals surface area contributed by atoms with E-state index in [1.54, 1.807) is 0 Å². The maximum Gasteiger partial charge on any atom is 0.00360 e. The summed E-state index contributed by atoms with van der Waals surface area (Å²) in [4.78, 5) is 0. The van der Waals surface area contributed by atoms with E-state index in [0.717, 1.165) is 0 Å². The third-order valence-corrected chi connectivity index (χ3v) is 1.54. The van der Waals surface area contributed by atoms with E-state index < -0.39 is 0 Å². The molecule has 1 heteroatoms. The van der Waals surface area contributed by atoms with Crippen molar-refractivity contribution in [2.24, 2.45) is 11.7 Å². The zero-order valence-corrected chi connectivity index (χ0v) is 5.44. The first-order valence-corrected chi connectivity index (χ1v) is 2.94. The number of rotatable bonds is 2. The van der Waals surface area contributed by atoms with Crippen LogP contribution in [0.15, 0.2) is 0 Å². The van der Waals surface area contributed by atoms with Crippen LogP contribution in [-0.4, -0.2) is 6.04 Å². The highest BCUT2D eigenvalue weighted by molar-refractivity contribution is 4.59. The molecule has 1 unspecified atom stereocenters. The van der Waals surface area contributed by atoms with E-state index in [1.807, 2.05) is 6.92 Å². The first-order chi connectivity index (χ1) is 3.18. The van der Waals surface area contributed by atoms with Crippen LogP contribution >= 0.6 is 0 Å². The normalized spacial score (nSPS) is 18.9. The van der Waals surface area contributed by atoms with E-state index in [9.17, 15) is 0 Å². The van der Waals surface area contributed by atoms with Crippen molar-refractivity contribution in [3.63, 3.8) is 0 Å². The average Bonchev–Trinajstić information content (AvgIpc) is 1.65. The lowest BCUT2D eigenvalue weighted by molar-refractivity contribution is 0.470. The van der Waals surface area contributed by atoms with Gasteiger partial charge < -0.3 is 5.73 Å². The summed E-state index contributed by atoms with van der Waals surface area (Å²) in [6.07, 6.45) is 1.19. The molecule has 0 aliphatic rings. The second kappa shape index (κ2) is 3.03. The Morgan fingerprint density at radius 2 is 1.86 bits per heavy atom. The van der Waals surface area contributed by atoms with Gasteiger partial charge in [0, 0.05) is 6.04 Å². The van der Waals surface area contributed by atoms with Crippen molar-refractivity contribution >= 4 is 0 Å². The molecule has 2 atom stereocenters. The van der Waals surface area contributed by atoms with Crippen LogP contribution in [0.1, 0.15) is 27.2 Å². The van der Waals surface area contributed by atoms with Crippen LogP contribution in [0, 0.1) is 5.92 Å². The van der Waals surface area contributed by atoms with E-state index in [1.165, 1.54) is 6.42 Å². The SMILES string of the molecule is CC[C@@H](C)C(C)N. The molecular weight excluding hydrogens is 86.1 g/mol. The van der Waals surface area contributed by atoms with Crippen molar-refractivity contribution < 1.29 is 0 Å². The summed E-state index contributed by atoms with van der Waals surface area (Å²) in [5.41, 5.74) is 5.55. The van der Waals surface area contributed by atoms with Crippen molar-refractivity contribution in [2.45, 2.75) is 33.2 Å². The molecule has 0 aliphatic carbocycles. The van der Waals surface area contributed by atoms with E-state index in [2.05, 4.69) is 13.8 Å². The van der Waals surface area contributed by atoms with Gasteiger partial charge in [0.05, 0.1) is 0 Å². The molecular formula is C6H15N. The highest BCUT2D eigenvalue weighted by Crippen LogP contribution is 2.02. The second-order valence-electron chi connectivity index (χ2n) is 2.24. The summed E-state index contributed by atoms with van der Waals surface area (Å²) in [6, 6.07) is 0.366. The van der Waals surface area contributed by atoms with Crippen LogP contribution in [-0.2, 0) is 0 Å². The van der Waals surface area contributed by atoms with Gasteiger partial charge in [0.2, 0.25) is 0 Å². The Balaban J connectivity index is 3.14. The molecule has 0 bridgehead atoms. The highest BCUT2D eigenvalue weighted by atomic mass is 14.6. The van der Waals surface area contributed by atoms with Gasteiger partial charge in [-0.05, 0) is 12.8 Å². The number of nitrogens with two attached hydrogens (primary N) is 1. The fourth-order valence-corrected chi connectivity index (χ4v) is 0.372. The Morgan fingerprint density at radius 1 is 1.43 bits per heavy atom. The van der Waals surface area contributed by atoms with E-state index in [0.29, 0.717) is 12.0 Å².